The second kappa shape index (κ2) is 7.10. The van der Waals surface area contributed by atoms with Crippen molar-refractivity contribution < 1.29 is 34.5 Å². The van der Waals surface area contributed by atoms with Gasteiger partial charge in [-0.2, -0.15) is 0 Å². The quantitative estimate of drug-likeness (QED) is 0.509. The van der Waals surface area contributed by atoms with Crippen molar-refractivity contribution in [3.63, 3.8) is 0 Å². The van der Waals surface area contributed by atoms with Crippen LogP contribution >= 0.6 is 0 Å². The van der Waals surface area contributed by atoms with Crippen LogP contribution in [-0.4, -0.2) is 50.8 Å². The number of hydrogen-bond acceptors (Lipinski definition) is 7. The Bertz CT molecular complexity index is 878. The molecule has 0 saturated heterocycles. The summed E-state index contributed by atoms with van der Waals surface area (Å²) >= 11 is 0. The van der Waals surface area contributed by atoms with E-state index in [-0.39, 0.29) is 30.8 Å². The predicted molar refractivity (Wildman–Crippen MR) is 96.4 cm³/mol. The van der Waals surface area contributed by atoms with E-state index in [1.54, 1.807) is 13.0 Å². The van der Waals surface area contributed by atoms with Crippen molar-refractivity contribution in [1.82, 2.24) is 0 Å². The first-order chi connectivity index (χ1) is 13.1. The Morgan fingerprint density at radius 3 is 2.57 bits per heavy atom. The number of benzene rings is 1. The van der Waals surface area contributed by atoms with Crippen LogP contribution in [0.2, 0.25) is 0 Å². The van der Waals surface area contributed by atoms with Gasteiger partial charge >= 0.3 is 0 Å². The molecule has 1 aromatic carbocycles. The molecule has 0 aliphatic heterocycles. The number of phenols is 1. The van der Waals surface area contributed by atoms with Crippen molar-refractivity contribution in [2.45, 2.75) is 38.2 Å². The number of carbonyl (C=O) groups is 4. The minimum atomic E-state index is -2.56. The van der Waals surface area contributed by atoms with E-state index < -0.39 is 53.0 Å². The fourth-order valence-corrected chi connectivity index (χ4v) is 4.69. The van der Waals surface area contributed by atoms with Gasteiger partial charge in [-0.05, 0) is 49.3 Å². The van der Waals surface area contributed by atoms with Gasteiger partial charge in [-0.25, -0.2) is 0 Å². The van der Waals surface area contributed by atoms with Crippen LogP contribution in [0.25, 0.3) is 0 Å². The maximum Gasteiger partial charge on any atom is 0.225 e. The third-order valence-corrected chi connectivity index (χ3v) is 6.07. The van der Waals surface area contributed by atoms with E-state index in [0.29, 0.717) is 12.0 Å². The van der Waals surface area contributed by atoms with Gasteiger partial charge in [-0.3, -0.25) is 19.2 Å². The first kappa shape index (κ1) is 20.2. The highest BCUT2D eigenvalue weighted by Crippen LogP contribution is 2.47. The number of primary amides is 1. The zero-order chi connectivity index (χ0) is 20.8. The maximum atomic E-state index is 13.2. The van der Waals surface area contributed by atoms with Gasteiger partial charge in [-0.1, -0.05) is 6.07 Å². The third-order valence-electron chi connectivity index (χ3n) is 6.07. The van der Waals surface area contributed by atoms with Crippen molar-refractivity contribution in [3.8, 4) is 5.75 Å². The number of rotatable bonds is 5. The highest BCUT2D eigenvalue weighted by Gasteiger charge is 2.60. The molecular formula is C20H23NO7. The molecule has 0 radical (unpaired) electrons. The lowest BCUT2D eigenvalue weighted by atomic mass is 9.57. The molecule has 1 amide bonds. The number of nitrogens with two attached hydrogens (primary N) is 1. The van der Waals surface area contributed by atoms with Crippen molar-refractivity contribution in [2.75, 3.05) is 6.61 Å². The lowest BCUT2D eigenvalue weighted by molar-refractivity contribution is -0.167. The van der Waals surface area contributed by atoms with Crippen LogP contribution in [0.5, 0.6) is 5.75 Å². The van der Waals surface area contributed by atoms with Crippen LogP contribution in [-0.2, 0) is 20.8 Å². The molecule has 2 aliphatic carbocycles. The van der Waals surface area contributed by atoms with E-state index >= 15 is 0 Å². The lowest BCUT2D eigenvalue weighted by Crippen LogP contribution is -2.63. The van der Waals surface area contributed by atoms with E-state index in [2.05, 4.69) is 0 Å². The lowest BCUT2D eigenvalue weighted by Gasteiger charge is -2.46. The number of ketones is 3. The molecule has 1 aromatic rings. The Morgan fingerprint density at radius 2 is 1.96 bits per heavy atom. The van der Waals surface area contributed by atoms with E-state index in [1.807, 2.05) is 0 Å². The summed E-state index contributed by atoms with van der Waals surface area (Å²) in [6.07, 6.45) is -0.384. The van der Waals surface area contributed by atoms with Gasteiger partial charge in [0.1, 0.15) is 5.75 Å². The molecule has 28 heavy (non-hydrogen) atoms. The topological polar surface area (TPSA) is 155 Å². The summed E-state index contributed by atoms with van der Waals surface area (Å²) in [7, 11) is 0. The molecule has 1 unspecified atom stereocenters. The summed E-state index contributed by atoms with van der Waals surface area (Å²) in [6, 6.07) is 3.06. The van der Waals surface area contributed by atoms with Gasteiger partial charge in [0.15, 0.2) is 23.0 Å². The first-order valence-electron chi connectivity index (χ1n) is 9.17. The van der Waals surface area contributed by atoms with Gasteiger partial charge in [0.25, 0.3) is 0 Å². The highest BCUT2D eigenvalue weighted by molar-refractivity contribution is 6.24. The smallest absolute Gasteiger partial charge is 0.225 e. The largest absolute Gasteiger partial charge is 0.507 e. The summed E-state index contributed by atoms with van der Waals surface area (Å²) in [5.74, 6) is -6.61. The molecule has 5 N–H and O–H groups in total. The number of aliphatic hydroxyl groups excluding tert-OH is 1. The Hall–Kier alpha value is -2.58. The molecule has 0 bridgehead atoms. The molecule has 8 nitrogen and oxygen atoms in total. The molecule has 150 valence electrons. The zero-order valence-electron chi connectivity index (χ0n) is 15.5. The Labute approximate surface area is 161 Å². The van der Waals surface area contributed by atoms with Crippen molar-refractivity contribution in [2.24, 2.45) is 23.5 Å². The number of aliphatic hydroxyl groups is 2. The van der Waals surface area contributed by atoms with Gasteiger partial charge in [0.05, 0.1) is 17.9 Å². The Morgan fingerprint density at radius 1 is 1.29 bits per heavy atom. The van der Waals surface area contributed by atoms with E-state index in [4.69, 9.17) is 5.73 Å². The van der Waals surface area contributed by atoms with Crippen LogP contribution in [0.1, 0.15) is 40.7 Å². The predicted octanol–water partition coefficient (Wildman–Crippen LogP) is -0.181. The minimum absolute atomic E-state index is 0.0317. The summed E-state index contributed by atoms with van der Waals surface area (Å²) in [5.41, 5.74) is 3.98. The maximum absolute atomic E-state index is 13.2. The number of hydrogen-bond donors (Lipinski definition) is 4. The Balaban J connectivity index is 2.09. The van der Waals surface area contributed by atoms with Gasteiger partial charge in [0, 0.05) is 12.5 Å². The normalized spacial score (nSPS) is 29.2. The van der Waals surface area contributed by atoms with Crippen LogP contribution in [0.15, 0.2) is 12.1 Å². The van der Waals surface area contributed by atoms with Crippen LogP contribution in [0, 0.1) is 24.7 Å². The fraction of sp³-hybridized carbons (Fsp3) is 0.500. The number of phenolic OH excluding ortho intramolecular Hbond substituents is 1. The number of aryl methyl sites for hydroxylation is 1. The van der Waals surface area contributed by atoms with Gasteiger partial charge in [0.2, 0.25) is 5.91 Å². The average Bonchev–Trinajstić information content (AvgIpc) is 2.61. The summed E-state index contributed by atoms with van der Waals surface area (Å²) < 4.78 is 0. The molecular weight excluding hydrogens is 366 g/mol. The van der Waals surface area contributed by atoms with Gasteiger partial charge in [-0.15, -0.1) is 0 Å². The van der Waals surface area contributed by atoms with E-state index in [9.17, 15) is 34.5 Å². The Kier molecular flexibility index (Phi) is 5.12. The van der Waals surface area contributed by atoms with E-state index in [1.165, 1.54) is 6.07 Å². The van der Waals surface area contributed by atoms with Crippen molar-refractivity contribution >= 4 is 23.3 Å². The minimum Gasteiger partial charge on any atom is -0.507 e. The number of aromatic hydroxyl groups is 1. The first-order valence-corrected chi connectivity index (χ1v) is 9.17. The van der Waals surface area contributed by atoms with Crippen molar-refractivity contribution in [3.05, 3.63) is 28.8 Å². The number of Topliss-reactive ketones (excluding diaryl/α,β-unsaturated/α-hetero) is 3. The van der Waals surface area contributed by atoms with E-state index in [0.717, 1.165) is 5.56 Å². The molecule has 0 spiro atoms. The molecule has 2 aliphatic rings. The number of amides is 1. The molecule has 0 heterocycles. The van der Waals surface area contributed by atoms with Crippen LogP contribution in [0.4, 0.5) is 0 Å². The van der Waals surface area contributed by atoms with Crippen LogP contribution < -0.4 is 5.73 Å². The van der Waals surface area contributed by atoms with Crippen LogP contribution in [0.3, 0.4) is 0 Å². The molecule has 3 rings (SSSR count). The standard InChI is InChI=1S/C20H23NO7/c1-9-2-3-13(23)17-12(9)7-10-6-11(4-5-22)20(28,14(24)8-15(21)25)19(27)16(10)18(17)26/h2-3,10-11,16,22-23,28H,4-8H2,1H3,(H2,21,25)/t10-,11-,16?,20-/m1/s1. The zero-order valence-corrected chi connectivity index (χ0v) is 15.5. The monoisotopic (exact) mass is 389 g/mol. The SMILES string of the molecule is Cc1ccc(O)c2c1C[C@H]1C[C@@H](CCO)[C@@](O)(C(=O)CC(N)=O)C(=O)C1C2=O. The fourth-order valence-electron chi connectivity index (χ4n) is 4.69. The molecule has 8 heteroatoms. The number of carbonyl (C=O) groups excluding carboxylic acids is 4. The average molecular weight is 389 g/mol. The molecule has 1 saturated carbocycles. The second-order valence-electron chi connectivity index (χ2n) is 7.70. The highest BCUT2D eigenvalue weighted by atomic mass is 16.3. The second-order valence-corrected chi connectivity index (χ2v) is 7.70. The summed E-state index contributed by atoms with van der Waals surface area (Å²) in [4.78, 5) is 50.0. The molecule has 4 atom stereocenters. The third kappa shape index (κ3) is 2.93. The number of fused-ring (bicyclic) bond motifs is 2. The van der Waals surface area contributed by atoms with Crippen molar-refractivity contribution in [1.29, 1.82) is 0 Å². The molecule has 0 aromatic heterocycles. The van der Waals surface area contributed by atoms with Gasteiger partial charge < -0.3 is 21.1 Å². The summed E-state index contributed by atoms with van der Waals surface area (Å²) in [5, 5.41) is 30.6. The molecule has 1 fully saturated rings. The summed E-state index contributed by atoms with van der Waals surface area (Å²) in [6.45, 7) is 1.43.